The first kappa shape index (κ1) is 15.9. The number of carbonyl (C=O) groups excluding carboxylic acids is 1. The van der Waals surface area contributed by atoms with Crippen molar-refractivity contribution in [3.8, 4) is 0 Å². The Balaban J connectivity index is 2.20. The summed E-state index contributed by atoms with van der Waals surface area (Å²) in [5, 5.41) is 16.6. The molecule has 0 fully saturated rings. The third kappa shape index (κ3) is 3.59. The van der Waals surface area contributed by atoms with Gasteiger partial charge in [0, 0.05) is 17.3 Å². The van der Waals surface area contributed by atoms with E-state index in [4.69, 9.17) is 0 Å². The van der Waals surface area contributed by atoms with Crippen LogP contribution in [0.5, 0.6) is 0 Å². The van der Waals surface area contributed by atoms with Gasteiger partial charge in [0.2, 0.25) is 0 Å². The standard InChI is InChI=1S/C14H16N4O3S/c1-8(2)16-11-6-4-5-10(9(11)3)13(19)17-14-15-7-12(22-14)18(20)21/h4-8,16H,1-3H3,(H,15,17,19). The van der Waals surface area contributed by atoms with Crippen LogP contribution in [-0.4, -0.2) is 21.9 Å². The van der Waals surface area contributed by atoms with Crippen LogP contribution >= 0.6 is 11.3 Å². The predicted molar refractivity (Wildman–Crippen MR) is 86.7 cm³/mol. The lowest BCUT2D eigenvalue weighted by molar-refractivity contribution is -0.380. The summed E-state index contributed by atoms with van der Waals surface area (Å²) >= 11 is 0.827. The SMILES string of the molecule is Cc1c(NC(C)C)cccc1C(=O)Nc1ncc([N+](=O)[O-])s1. The molecule has 0 atom stereocenters. The summed E-state index contributed by atoms with van der Waals surface area (Å²) in [6.07, 6.45) is 1.13. The fourth-order valence-corrected chi connectivity index (χ4v) is 2.55. The lowest BCUT2D eigenvalue weighted by Gasteiger charge is -2.15. The van der Waals surface area contributed by atoms with Crippen molar-refractivity contribution in [2.75, 3.05) is 10.6 Å². The summed E-state index contributed by atoms with van der Waals surface area (Å²) in [4.78, 5) is 26.2. The largest absolute Gasteiger partial charge is 0.383 e. The smallest absolute Gasteiger partial charge is 0.345 e. The van der Waals surface area contributed by atoms with Gasteiger partial charge in [-0.3, -0.25) is 20.2 Å². The van der Waals surface area contributed by atoms with E-state index in [9.17, 15) is 14.9 Å². The zero-order valence-electron chi connectivity index (χ0n) is 12.4. The van der Waals surface area contributed by atoms with Gasteiger partial charge >= 0.3 is 5.00 Å². The summed E-state index contributed by atoms with van der Waals surface area (Å²) in [5.41, 5.74) is 2.20. The number of rotatable bonds is 5. The first-order chi connectivity index (χ1) is 10.4. The molecule has 2 N–H and O–H groups in total. The van der Waals surface area contributed by atoms with Gasteiger partial charge in [0.05, 0.1) is 4.92 Å². The molecule has 0 radical (unpaired) electrons. The van der Waals surface area contributed by atoms with Gasteiger partial charge in [0.25, 0.3) is 5.91 Å². The van der Waals surface area contributed by atoms with Crippen molar-refractivity contribution >= 4 is 33.1 Å². The molecule has 1 amide bonds. The Morgan fingerprint density at radius 2 is 2.14 bits per heavy atom. The van der Waals surface area contributed by atoms with Crippen LogP contribution < -0.4 is 10.6 Å². The average molecular weight is 320 g/mol. The van der Waals surface area contributed by atoms with Crippen molar-refractivity contribution in [3.63, 3.8) is 0 Å². The average Bonchev–Trinajstić information content (AvgIpc) is 2.89. The highest BCUT2D eigenvalue weighted by atomic mass is 32.1. The van der Waals surface area contributed by atoms with Crippen LogP contribution in [-0.2, 0) is 0 Å². The molecule has 0 saturated heterocycles. The highest BCUT2D eigenvalue weighted by Crippen LogP contribution is 2.26. The van der Waals surface area contributed by atoms with E-state index >= 15 is 0 Å². The summed E-state index contributed by atoms with van der Waals surface area (Å²) in [7, 11) is 0. The fraction of sp³-hybridized carbons (Fsp3) is 0.286. The van der Waals surface area contributed by atoms with Crippen LogP contribution in [0.1, 0.15) is 29.8 Å². The van der Waals surface area contributed by atoms with E-state index in [2.05, 4.69) is 15.6 Å². The maximum atomic E-state index is 12.3. The van der Waals surface area contributed by atoms with Gasteiger partial charge in [-0.1, -0.05) is 6.07 Å². The molecule has 116 valence electrons. The highest BCUT2D eigenvalue weighted by molar-refractivity contribution is 7.18. The number of hydrogen-bond donors (Lipinski definition) is 2. The second kappa shape index (κ2) is 6.52. The molecule has 0 bridgehead atoms. The number of nitro groups is 1. The topological polar surface area (TPSA) is 97.2 Å². The zero-order valence-corrected chi connectivity index (χ0v) is 13.2. The van der Waals surface area contributed by atoms with Crippen LogP contribution in [0.3, 0.4) is 0 Å². The number of nitrogens with zero attached hydrogens (tertiary/aromatic N) is 2. The number of thiazole rings is 1. The Morgan fingerprint density at radius 3 is 2.73 bits per heavy atom. The summed E-state index contributed by atoms with van der Waals surface area (Å²) < 4.78 is 0. The maximum absolute atomic E-state index is 12.3. The number of amides is 1. The molecule has 22 heavy (non-hydrogen) atoms. The van der Waals surface area contributed by atoms with E-state index in [0.717, 1.165) is 28.8 Å². The minimum atomic E-state index is -0.536. The Labute approximate surface area is 131 Å². The Hall–Kier alpha value is -2.48. The molecule has 1 aromatic heterocycles. The van der Waals surface area contributed by atoms with E-state index in [1.807, 2.05) is 26.8 Å². The van der Waals surface area contributed by atoms with Gasteiger partial charge < -0.3 is 5.32 Å². The van der Waals surface area contributed by atoms with Crippen molar-refractivity contribution in [3.05, 3.63) is 45.6 Å². The molecule has 7 nitrogen and oxygen atoms in total. The number of benzene rings is 1. The highest BCUT2D eigenvalue weighted by Gasteiger charge is 2.16. The maximum Gasteiger partial charge on any atom is 0.345 e. The molecule has 0 spiro atoms. The number of carbonyl (C=O) groups is 1. The van der Waals surface area contributed by atoms with E-state index < -0.39 is 4.92 Å². The van der Waals surface area contributed by atoms with Gasteiger partial charge in [-0.2, -0.15) is 0 Å². The van der Waals surface area contributed by atoms with Crippen LogP contribution in [0, 0.1) is 17.0 Å². The summed E-state index contributed by atoms with van der Waals surface area (Å²) in [6.45, 7) is 5.88. The second-order valence-electron chi connectivity index (χ2n) is 4.99. The number of aromatic nitrogens is 1. The number of anilines is 2. The van der Waals surface area contributed by atoms with E-state index in [0.29, 0.717) is 5.56 Å². The molecule has 0 aliphatic rings. The van der Waals surface area contributed by atoms with Crippen molar-refractivity contribution in [1.29, 1.82) is 0 Å². The van der Waals surface area contributed by atoms with E-state index in [1.54, 1.807) is 12.1 Å². The molecular formula is C14H16N4O3S. The predicted octanol–water partition coefficient (Wildman–Crippen LogP) is 3.43. The molecule has 8 heteroatoms. The minimum Gasteiger partial charge on any atom is -0.383 e. The summed E-state index contributed by atoms with van der Waals surface area (Å²) in [6, 6.07) is 5.65. The van der Waals surface area contributed by atoms with Gasteiger partial charge in [-0.25, -0.2) is 4.98 Å². The first-order valence-electron chi connectivity index (χ1n) is 6.66. The van der Waals surface area contributed by atoms with Crippen molar-refractivity contribution in [2.45, 2.75) is 26.8 Å². The van der Waals surface area contributed by atoms with Gasteiger partial charge in [-0.05, 0) is 49.8 Å². The normalized spacial score (nSPS) is 10.5. The third-order valence-electron chi connectivity index (χ3n) is 2.92. The molecule has 1 heterocycles. The molecule has 0 saturated carbocycles. The van der Waals surface area contributed by atoms with Gasteiger partial charge in [0.1, 0.15) is 6.20 Å². The molecule has 0 aliphatic carbocycles. The van der Waals surface area contributed by atoms with Crippen molar-refractivity contribution in [1.82, 2.24) is 4.98 Å². The molecule has 2 rings (SSSR count). The van der Waals surface area contributed by atoms with Crippen LogP contribution in [0.15, 0.2) is 24.4 Å². The van der Waals surface area contributed by atoms with Crippen molar-refractivity contribution in [2.24, 2.45) is 0 Å². The van der Waals surface area contributed by atoms with E-state index in [-0.39, 0.29) is 22.1 Å². The molecular weight excluding hydrogens is 304 g/mol. The lowest BCUT2D eigenvalue weighted by Crippen LogP contribution is -2.16. The second-order valence-corrected chi connectivity index (χ2v) is 6.00. The van der Waals surface area contributed by atoms with Gasteiger partial charge in [-0.15, -0.1) is 0 Å². The first-order valence-corrected chi connectivity index (χ1v) is 7.48. The number of hydrogen-bond acceptors (Lipinski definition) is 6. The Morgan fingerprint density at radius 1 is 1.41 bits per heavy atom. The quantitative estimate of drug-likeness (QED) is 0.649. The van der Waals surface area contributed by atoms with Crippen LogP contribution in [0.25, 0.3) is 0 Å². The van der Waals surface area contributed by atoms with Crippen LogP contribution in [0.4, 0.5) is 15.8 Å². The zero-order chi connectivity index (χ0) is 16.3. The lowest BCUT2D eigenvalue weighted by atomic mass is 10.1. The Bertz CT molecular complexity index is 712. The number of nitrogens with one attached hydrogen (secondary N) is 2. The van der Waals surface area contributed by atoms with E-state index in [1.165, 1.54) is 0 Å². The van der Waals surface area contributed by atoms with Gasteiger partial charge in [0.15, 0.2) is 5.13 Å². The molecule has 0 aliphatic heterocycles. The molecule has 1 aromatic carbocycles. The third-order valence-corrected chi connectivity index (χ3v) is 3.78. The summed E-state index contributed by atoms with van der Waals surface area (Å²) in [5.74, 6) is -0.339. The monoisotopic (exact) mass is 320 g/mol. The van der Waals surface area contributed by atoms with Crippen LogP contribution in [0.2, 0.25) is 0 Å². The fourth-order valence-electron chi connectivity index (χ4n) is 1.92. The molecule has 2 aromatic rings. The molecule has 0 unspecified atom stereocenters. The van der Waals surface area contributed by atoms with Crippen molar-refractivity contribution < 1.29 is 9.72 Å². The Kier molecular flexibility index (Phi) is 4.71. The minimum absolute atomic E-state index is 0.109.